The first-order valence-electron chi connectivity index (χ1n) is 11.9. The van der Waals surface area contributed by atoms with Crippen LogP contribution in [0.3, 0.4) is 0 Å². The number of carbonyl (C=O) groups is 2. The SMILES string of the molecule is CC(=O)[O-].CCCCCCCC/C=C/CCCCCCCC(=O)[NH+](CCO)CCO. The van der Waals surface area contributed by atoms with Crippen LogP contribution in [0.15, 0.2) is 12.2 Å². The van der Waals surface area contributed by atoms with E-state index in [0.717, 1.165) is 19.8 Å². The minimum Gasteiger partial charge on any atom is -0.550 e. The van der Waals surface area contributed by atoms with E-state index in [2.05, 4.69) is 19.1 Å². The molecule has 0 heterocycles. The molecule has 6 nitrogen and oxygen atoms in total. The van der Waals surface area contributed by atoms with Crippen LogP contribution in [-0.2, 0) is 9.59 Å². The summed E-state index contributed by atoms with van der Waals surface area (Å²) in [6.07, 6.45) is 21.5. The van der Waals surface area contributed by atoms with E-state index in [0.29, 0.717) is 24.4 Å². The van der Waals surface area contributed by atoms with Crippen LogP contribution in [0.1, 0.15) is 104 Å². The van der Waals surface area contributed by atoms with Gasteiger partial charge in [0.25, 0.3) is 0 Å². The van der Waals surface area contributed by atoms with E-state index in [-0.39, 0.29) is 19.1 Å². The number of carboxylic acid groups (broad SMARTS) is 1. The summed E-state index contributed by atoms with van der Waals surface area (Å²) in [6.45, 7) is 4.03. The molecule has 0 aliphatic heterocycles. The first-order chi connectivity index (χ1) is 14.5. The zero-order valence-corrected chi connectivity index (χ0v) is 19.5. The van der Waals surface area contributed by atoms with Gasteiger partial charge in [-0.1, -0.05) is 70.4 Å². The number of unbranched alkanes of at least 4 members (excludes halogenated alkanes) is 11. The van der Waals surface area contributed by atoms with Gasteiger partial charge in [-0.05, 0) is 39.0 Å². The Bertz CT molecular complexity index is 402. The minimum atomic E-state index is -1.08. The smallest absolute Gasteiger partial charge is 0.312 e. The minimum absolute atomic E-state index is 0.00650. The van der Waals surface area contributed by atoms with Crippen molar-refractivity contribution in [1.29, 1.82) is 0 Å². The van der Waals surface area contributed by atoms with Gasteiger partial charge in [-0.3, -0.25) is 4.90 Å². The Kier molecular flexibility index (Phi) is 26.6. The number of carbonyl (C=O) groups excluding carboxylic acids is 2. The van der Waals surface area contributed by atoms with Gasteiger partial charge in [-0.15, -0.1) is 0 Å². The number of aliphatic hydroxyl groups is 2. The first kappa shape index (κ1) is 30.9. The number of hydrogen-bond acceptors (Lipinski definition) is 5. The number of allylic oxidation sites excluding steroid dienone is 2. The van der Waals surface area contributed by atoms with Crippen LogP contribution in [0.5, 0.6) is 0 Å². The third kappa shape index (κ3) is 26.8. The van der Waals surface area contributed by atoms with Crippen LogP contribution in [-0.4, -0.2) is 48.4 Å². The molecule has 0 unspecified atom stereocenters. The predicted octanol–water partition coefficient (Wildman–Crippen LogP) is 2.18. The zero-order valence-electron chi connectivity index (χ0n) is 19.5. The molecule has 0 bridgehead atoms. The highest BCUT2D eigenvalue weighted by Crippen LogP contribution is 2.09. The summed E-state index contributed by atoms with van der Waals surface area (Å²) >= 11 is 0. The molecule has 0 saturated carbocycles. The average Bonchev–Trinajstić information content (AvgIpc) is 2.70. The molecular formula is C24H47NO5. The Morgan fingerprint density at radius 3 is 1.60 bits per heavy atom. The van der Waals surface area contributed by atoms with E-state index >= 15 is 0 Å². The monoisotopic (exact) mass is 429 g/mol. The topological polar surface area (TPSA) is 102 Å². The fourth-order valence-electron chi connectivity index (χ4n) is 3.21. The van der Waals surface area contributed by atoms with Crippen molar-refractivity contribution in [1.82, 2.24) is 0 Å². The van der Waals surface area contributed by atoms with Crippen LogP contribution < -0.4 is 10.0 Å². The van der Waals surface area contributed by atoms with Crippen molar-refractivity contribution in [2.24, 2.45) is 0 Å². The molecule has 0 saturated heterocycles. The highest BCUT2D eigenvalue weighted by atomic mass is 16.4. The maximum Gasteiger partial charge on any atom is 0.312 e. The lowest BCUT2D eigenvalue weighted by atomic mass is 10.1. The van der Waals surface area contributed by atoms with Gasteiger partial charge in [-0.25, -0.2) is 4.79 Å². The normalized spacial score (nSPS) is 11.0. The lowest BCUT2D eigenvalue weighted by Crippen LogP contribution is -3.15. The second-order valence-electron chi connectivity index (χ2n) is 7.80. The van der Waals surface area contributed by atoms with Crippen molar-refractivity contribution in [2.75, 3.05) is 26.3 Å². The number of aliphatic carboxylic acids is 1. The summed E-state index contributed by atoms with van der Waals surface area (Å²) in [6, 6.07) is 0. The lowest BCUT2D eigenvalue weighted by molar-refractivity contribution is -0.822. The molecule has 0 spiro atoms. The Balaban J connectivity index is 0. The molecule has 0 aromatic rings. The number of carboxylic acids is 1. The molecule has 1 amide bonds. The molecule has 0 aliphatic carbocycles. The largest absolute Gasteiger partial charge is 0.550 e. The molecule has 0 aromatic heterocycles. The lowest BCUT2D eigenvalue weighted by Gasteiger charge is -2.14. The van der Waals surface area contributed by atoms with Gasteiger partial charge in [0, 0.05) is 5.97 Å². The quantitative estimate of drug-likeness (QED) is 0.216. The van der Waals surface area contributed by atoms with Crippen LogP contribution >= 0.6 is 0 Å². The number of quaternary nitrogens is 1. The molecule has 0 rings (SSSR count). The predicted molar refractivity (Wildman–Crippen MR) is 120 cm³/mol. The fraction of sp³-hybridized carbons (Fsp3) is 0.833. The van der Waals surface area contributed by atoms with Crippen molar-refractivity contribution in [3.8, 4) is 0 Å². The molecule has 178 valence electrons. The Labute approximate surface area is 184 Å². The van der Waals surface area contributed by atoms with E-state index in [4.69, 9.17) is 20.1 Å². The van der Waals surface area contributed by atoms with Crippen molar-refractivity contribution in [3.05, 3.63) is 12.2 Å². The van der Waals surface area contributed by atoms with E-state index in [1.54, 1.807) is 0 Å². The van der Waals surface area contributed by atoms with Crippen LogP contribution in [0.2, 0.25) is 0 Å². The second-order valence-corrected chi connectivity index (χ2v) is 7.80. The third-order valence-corrected chi connectivity index (χ3v) is 4.89. The van der Waals surface area contributed by atoms with Crippen molar-refractivity contribution in [3.63, 3.8) is 0 Å². The molecule has 0 fully saturated rings. The van der Waals surface area contributed by atoms with Crippen molar-refractivity contribution in [2.45, 2.75) is 104 Å². The molecule has 30 heavy (non-hydrogen) atoms. The molecular weight excluding hydrogens is 382 g/mol. The van der Waals surface area contributed by atoms with Crippen LogP contribution in [0.25, 0.3) is 0 Å². The molecule has 6 heteroatoms. The average molecular weight is 430 g/mol. The van der Waals surface area contributed by atoms with Crippen LogP contribution in [0.4, 0.5) is 0 Å². The second kappa shape index (κ2) is 25.8. The van der Waals surface area contributed by atoms with Crippen molar-refractivity contribution < 1.29 is 29.8 Å². The van der Waals surface area contributed by atoms with Gasteiger partial charge in [0.2, 0.25) is 0 Å². The van der Waals surface area contributed by atoms with Crippen LogP contribution in [0, 0.1) is 0 Å². The summed E-state index contributed by atoms with van der Waals surface area (Å²) in [7, 11) is 0. The zero-order chi connectivity index (χ0) is 22.9. The molecule has 0 aromatic carbocycles. The van der Waals surface area contributed by atoms with Gasteiger partial charge >= 0.3 is 5.91 Å². The maximum absolute atomic E-state index is 12.0. The first-order valence-corrected chi connectivity index (χ1v) is 11.9. The summed E-state index contributed by atoms with van der Waals surface area (Å²) in [4.78, 5) is 21.6. The van der Waals surface area contributed by atoms with E-state index in [1.165, 1.54) is 70.6 Å². The van der Waals surface area contributed by atoms with Gasteiger partial charge in [-0.2, -0.15) is 0 Å². The molecule has 0 atom stereocenters. The summed E-state index contributed by atoms with van der Waals surface area (Å²) in [5.41, 5.74) is 0. The number of aliphatic hydroxyl groups excluding tert-OH is 2. The molecule has 0 radical (unpaired) electrons. The molecule has 3 N–H and O–H groups in total. The summed E-state index contributed by atoms with van der Waals surface area (Å²) in [5, 5.41) is 26.8. The Morgan fingerprint density at radius 2 is 1.17 bits per heavy atom. The van der Waals surface area contributed by atoms with Crippen molar-refractivity contribution >= 4 is 11.9 Å². The van der Waals surface area contributed by atoms with Gasteiger partial charge in [0.15, 0.2) is 0 Å². The van der Waals surface area contributed by atoms with E-state index in [1.807, 2.05) is 0 Å². The third-order valence-electron chi connectivity index (χ3n) is 4.89. The standard InChI is InChI=1S/C22H43NO3.C2H4O2/c1-2-3-4-5-6-7-8-9-10-11-12-13-14-15-16-17-22(26)23(18-20-24)19-21-25;1-2(3)4/h9-10,24-25H,2-8,11-21H2,1H3;1H3,(H,3,4)/b10-9+;. The Morgan fingerprint density at radius 1 is 0.767 bits per heavy atom. The maximum atomic E-state index is 12.0. The fourth-order valence-corrected chi connectivity index (χ4v) is 3.21. The van der Waals surface area contributed by atoms with Gasteiger partial charge in [0.1, 0.15) is 13.1 Å². The number of amides is 1. The summed E-state index contributed by atoms with van der Waals surface area (Å²) < 4.78 is 0. The number of hydrogen-bond donors (Lipinski definition) is 3. The van der Waals surface area contributed by atoms with E-state index < -0.39 is 5.97 Å². The molecule has 0 aliphatic rings. The van der Waals surface area contributed by atoms with Gasteiger partial charge < -0.3 is 20.1 Å². The number of nitrogens with one attached hydrogen (secondary N) is 1. The highest BCUT2D eigenvalue weighted by molar-refractivity contribution is 5.66. The van der Waals surface area contributed by atoms with Gasteiger partial charge in [0.05, 0.1) is 19.6 Å². The highest BCUT2D eigenvalue weighted by Gasteiger charge is 2.17. The summed E-state index contributed by atoms with van der Waals surface area (Å²) in [5.74, 6) is -0.953. The number of rotatable bonds is 19. The van der Waals surface area contributed by atoms with E-state index in [9.17, 15) is 4.79 Å². The Hall–Kier alpha value is -1.24.